The van der Waals surface area contributed by atoms with Gasteiger partial charge in [-0.15, -0.1) is 0 Å². The summed E-state index contributed by atoms with van der Waals surface area (Å²) in [5, 5.41) is 12.5. The Morgan fingerprint density at radius 2 is 2.21 bits per heavy atom. The molecule has 0 unspecified atom stereocenters. The van der Waals surface area contributed by atoms with Crippen molar-refractivity contribution in [1.82, 2.24) is 0 Å². The first kappa shape index (κ1) is 13.7. The van der Waals surface area contributed by atoms with Crippen LogP contribution in [0.25, 0.3) is 0 Å². The van der Waals surface area contributed by atoms with Gasteiger partial charge in [-0.25, -0.2) is 4.79 Å². The SMILES string of the molecule is Cc1cccc(C(=O)O)c1NCCC1=CCCCC1. The first-order valence-electron chi connectivity index (χ1n) is 6.93. The van der Waals surface area contributed by atoms with E-state index >= 15 is 0 Å². The molecule has 0 aliphatic heterocycles. The number of para-hydroxylation sites is 1. The number of aryl methyl sites for hydroxylation is 1. The molecular weight excluding hydrogens is 238 g/mol. The molecule has 0 aromatic heterocycles. The van der Waals surface area contributed by atoms with E-state index in [4.69, 9.17) is 0 Å². The zero-order valence-corrected chi connectivity index (χ0v) is 11.4. The lowest BCUT2D eigenvalue weighted by Gasteiger charge is -2.15. The molecule has 0 saturated carbocycles. The van der Waals surface area contributed by atoms with Crippen LogP contribution in [0.15, 0.2) is 29.8 Å². The van der Waals surface area contributed by atoms with Gasteiger partial charge in [0.2, 0.25) is 0 Å². The van der Waals surface area contributed by atoms with Crippen LogP contribution in [-0.4, -0.2) is 17.6 Å². The van der Waals surface area contributed by atoms with Gasteiger partial charge >= 0.3 is 5.97 Å². The quantitative estimate of drug-likeness (QED) is 0.786. The number of anilines is 1. The molecule has 2 rings (SSSR count). The molecule has 19 heavy (non-hydrogen) atoms. The molecule has 1 aliphatic carbocycles. The second kappa shape index (κ2) is 6.41. The summed E-state index contributed by atoms with van der Waals surface area (Å²) < 4.78 is 0. The molecule has 0 amide bonds. The van der Waals surface area contributed by atoms with Crippen molar-refractivity contribution in [2.75, 3.05) is 11.9 Å². The van der Waals surface area contributed by atoms with Crippen LogP contribution in [0.3, 0.4) is 0 Å². The summed E-state index contributed by atoms with van der Waals surface area (Å²) in [6, 6.07) is 5.37. The summed E-state index contributed by atoms with van der Waals surface area (Å²) in [5.41, 5.74) is 3.60. The van der Waals surface area contributed by atoms with Gasteiger partial charge in [-0.2, -0.15) is 0 Å². The van der Waals surface area contributed by atoms with Crippen molar-refractivity contribution in [3.8, 4) is 0 Å². The van der Waals surface area contributed by atoms with Crippen molar-refractivity contribution in [3.05, 3.63) is 41.0 Å². The zero-order valence-electron chi connectivity index (χ0n) is 11.4. The molecule has 3 heteroatoms. The monoisotopic (exact) mass is 259 g/mol. The zero-order chi connectivity index (χ0) is 13.7. The highest BCUT2D eigenvalue weighted by molar-refractivity contribution is 5.95. The van der Waals surface area contributed by atoms with Crippen LogP contribution in [-0.2, 0) is 0 Å². The Morgan fingerprint density at radius 1 is 1.37 bits per heavy atom. The predicted octanol–water partition coefficient (Wildman–Crippen LogP) is 4.00. The van der Waals surface area contributed by atoms with Crippen LogP contribution in [0, 0.1) is 6.92 Å². The maximum Gasteiger partial charge on any atom is 0.337 e. The highest BCUT2D eigenvalue weighted by Gasteiger charge is 2.11. The Labute approximate surface area is 114 Å². The molecule has 0 bridgehead atoms. The lowest BCUT2D eigenvalue weighted by Crippen LogP contribution is -2.10. The van der Waals surface area contributed by atoms with Crippen molar-refractivity contribution in [2.24, 2.45) is 0 Å². The van der Waals surface area contributed by atoms with Crippen LogP contribution in [0.2, 0.25) is 0 Å². The summed E-state index contributed by atoms with van der Waals surface area (Å²) in [7, 11) is 0. The maximum atomic E-state index is 11.2. The number of hydrogen-bond donors (Lipinski definition) is 2. The molecule has 0 radical (unpaired) electrons. The number of allylic oxidation sites excluding steroid dienone is 1. The molecule has 1 aromatic rings. The maximum absolute atomic E-state index is 11.2. The number of benzene rings is 1. The van der Waals surface area contributed by atoms with Gasteiger partial charge in [0.25, 0.3) is 0 Å². The first-order chi connectivity index (χ1) is 9.18. The van der Waals surface area contributed by atoms with Crippen molar-refractivity contribution in [1.29, 1.82) is 0 Å². The van der Waals surface area contributed by atoms with E-state index in [2.05, 4.69) is 11.4 Å². The molecule has 1 aromatic carbocycles. The number of nitrogens with one attached hydrogen (secondary N) is 1. The van der Waals surface area contributed by atoms with Crippen molar-refractivity contribution in [3.63, 3.8) is 0 Å². The minimum Gasteiger partial charge on any atom is -0.478 e. The molecule has 0 heterocycles. The highest BCUT2D eigenvalue weighted by atomic mass is 16.4. The fraction of sp³-hybridized carbons (Fsp3) is 0.438. The van der Waals surface area contributed by atoms with Gasteiger partial charge in [-0.1, -0.05) is 23.8 Å². The van der Waals surface area contributed by atoms with Crippen molar-refractivity contribution >= 4 is 11.7 Å². The van der Waals surface area contributed by atoms with Crippen LogP contribution >= 0.6 is 0 Å². The molecule has 102 valence electrons. The smallest absolute Gasteiger partial charge is 0.337 e. The van der Waals surface area contributed by atoms with Gasteiger partial charge in [0.15, 0.2) is 0 Å². The third-order valence-corrected chi connectivity index (χ3v) is 3.64. The van der Waals surface area contributed by atoms with E-state index in [0.29, 0.717) is 5.56 Å². The Balaban J connectivity index is 1.99. The largest absolute Gasteiger partial charge is 0.478 e. The van der Waals surface area contributed by atoms with E-state index in [1.165, 1.54) is 31.3 Å². The molecule has 2 N–H and O–H groups in total. The summed E-state index contributed by atoms with van der Waals surface area (Å²) in [4.78, 5) is 11.2. The molecule has 0 fully saturated rings. The highest BCUT2D eigenvalue weighted by Crippen LogP contribution is 2.23. The summed E-state index contributed by atoms with van der Waals surface area (Å²) in [6.45, 7) is 2.74. The number of carbonyl (C=O) groups is 1. The number of rotatable bonds is 5. The Kier molecular flexibility index (Phi) is 4.61. The molecule has 0 atom stereocenters. The standard InChI is InChI=1S/C16H21NO2/c1-12-6-5-9-14(16(18)19)15(12)17-11-10-13-7-3-2-4-8-13/h5-7,9,17H,2-4,8,10-11H2,1H3,(H,18,19). The lowest BCUT2D eigenvalue weighted by atomic mass is 9.97. The van der Waals surface area contributed by atoms with E-state index in [-0.39, 0.29) is 0 Å². The van der Waals surface area contributed by atoms with Crippen molar-refractivity contribution < 1.29 is 9.90 Å². The molecule has 1 aliphatic rings. The van der Waals surface area contributed by atoms with Gasteiger partial charge < -0.3 is 10.4 Å². The second-order valence-electron chi connectivity index (χ2n) is 5.09. The predicted molar refractivity (Wildman–Crippen MR) is 77.8 cm³/mol. The van der Waals surface area contributed by atoms with E-state index < -0.39 is 5.97 Å². The number of aromatic carboxylic acids is 1. The summed E-state index contributed by atoms with van der Waals surface area (Å²) in [6.07, 6.45) is 8.32. The van der Waals surface area contributed by atoms with Gasteiger partial charge in [-0.05, 0) is 50.7 Å². The van der Waals surface area contributed by atoms with Crippen LogP contribution in [0.4, 0.5) is 5.69 Å². The molecule has 0 saturated heterocycles. The van der Waals surface area contributed by atoms with Gasteiger partial charge in [0.1, 0.15) is 0 Å². The van der Waals surface area contributed by atoms with E-state index in [9.17, 15) is 9.90 Å². The third kappa shape index (κ3) is 3.60. The van der Waals surface area contributed by atoms with Crippen molar-refractivity contribution in [2.45, 2.75) is 39.0 Å². The number of carboxylic acids is 1. The first-order valence-corrected chi connectivity index (χ1v) is 6.93. The Morgan fingerprint density at radius 3 is 2.89 bits per heavy atom. The van der Waals surface area contributed by atoms with Crippen LogP contribution < -0.4 is 5.32 Å². The molecule has 3 nitrogen and oxygen atoms in total. The van der Waals surface area contributed by atoms with Gasteiger partial charge in [-0.3, -0.25) is 0 Å². The van der Waals surface area contributed by atoms with E-state index in [1.54, 1.807) is 12.1 Å². The Hall–Kier alpha value is -1.77. The Bertz CT molecular complexity index is 492. The second-order valence-corrected chi connectivity index (χ2v) is 5.09. The molecule has 0 spiro atoms. The van der Waals surface area contributed by atoms with Crippen LogP contribution in [0.1, 0.15) is 48.0 Å². The normalized spacial score (nSPS) is 14.9. The summed E-state index contributed by atoms with van der Waals surface area (Å²) in [5.74, 6) is -0.872. The van der Waals surface area contributed by atoms with E-state index in [1.807, 2.05) is 13.0 Å². The fourth-order valence-electron chi connectivity index (χ4n) is 2.56. The number of carboxylic acid groups (broad SMARTS) is 1. The van der Waals surface area contributed by atoms with Gasteiger partial charge in [0.05, 0.1) is 11.3 Å². The lowest BCUT2D eigenvalue weighted by molar-refractivity contribution is 0.0698. The van der Waals surface area contributed by atoms with E-state index in [0.717, 1.165) is 24.2 Å². The number of hydrogen-bond acceptors (Lipinski definition) is 2. The topological polar surface area (TPSA) is 49.3 Å². The average molecular weight is 259 g/mol. The minimum absolute atomic E-state index is 0.359. The third-order valence-electron chi connectivity index (χ3n) is 3.64. The average Bonchev–Trinajstić information content (AvgIpc) is 2.41. The van der Waals surface area contributed by atoms with Gasteiger partial charge in [0, 0.05) is 6.54 Å². The minimum atomic E-state index is -0.872. The fourth-order valence-corrected chi connectivity index (χ4v) is 2.56. The van der Waals surface area contributed by atoms with Crippen LogP contribution in [0.5, 0.6) is 0 Å². The summed E-state index contributed by atoms with van der Waals surface area (Å²) >= 11 is 0. The molecular formula is C16H21NO2.